The smallest absolute Gasteiger partial charge is 0.290 e. The maximum absolute atomic E-state index is 12.9. The molecule has 6 heteroatoms. The van der Waals surface area contributed by atoms with Gasteiger partial charge in [-0.05, 0) is 37.6 Å². The molecule has 2 heterocycles. The molecule has 2 aliphatic rings. The average molecular weight is 418 g/mol. The van der Waals surface area contributed by atoms with E-state index in [2.05, 4.69) is 5.32 Å². The van der Waals surface area contributed by atoms with E-state index in [9.17, 15) is 14.4 Å². The number of hydrogen-bond donors (Lipinski definition) is 1. The Morgan fingerprint density at radius 3 is 2.26 bits per heavy atom. The number of carbonyl (C=O) groups excluding carboxylic acids is 3. The zero-order valence-electron chi connectivity index (χ0n) is 17.9. The van der Waals surface area contributed by atoms with E-state index in [-0.39, 0.29) is 11.9 Å². The quantitative estimate of drug-likeness (QED) is 0.776. The van der Waals surface area contributed by atoms with Gasteiger partial charge >= 0.3 is 0 Å². The van der Waals surface area contributed by atoms with E-state index in [0.29, 0.717) is 31.7 Å². The lowest BCUT2D eigenvalue weighted by Gasteiger charge is -2.35. The molecule has 2 aliphatic heterocycles. The van der Waals surface area contributed by atoms with Crippen molar-refractivity contribution in [3.05, 3.63) is 77.4 Å². The molecule has 160 valence electrons. The van der Waals surface area contributed by atoms with Crippen LogP contribution in [0.5, 0.6) is 0 Å². The molecule has 0 spiro atoms. The maximum Gasteiger partial charge on any atom is 0.290 e. The van der Waals surface area contributed by atoms with Gasteiger partial charge in [-0.2, -0.15) is 0 Å². The van der Waals surface area contributed by atoms with Crippen molar-refractivity contribution in [3.63, 3.8) is 0 Å². The second kappa shape index (κ2) is 8.76. The number of piperazine rings is 1. The number of Topliss-reactive ketones (excluding diaryl/α,β-unsaturated/α-hetero) is 1. The van der Waals surface area contributed by atoms with Gasteiger partial charge in [0.1, 0.15) is 0 Å². The largest absolute Gasteiger partial charge is 0.381 e. The van der Waals surface area contributed by atoms with Gasteiger partial charge in [0.15, 0.2) is 0 Å². The summed E-state index contributed by atoms with van der Waals surface area (Å²) in [5, 5.41) is 3.32. The Morgan fingerprint density at radius 1 is 0.903 bits per heavy atom. The number of nitrogens with one attached hydrogen (secondary N) is 1. The molecular formula is C25H27N3O3. The number of rotatable bonds is 4. The van der Waals surface area contributed by atoms with Crippen LogP contribution in [0.2, 0.25) is 0 Å². The molecule has 2 aromatic rings. The highest BCUT2D eigenvalue weighted by atomic mass is 16.2. The Bertz CT molecular complexity index is 1020. The van der Waals surface area contributed by atoms with Gasteiger partial charge in [0.2, 0.25) is 5.78 Å². The lowest BCUT2D eigenvalue weighted by Crippen LogP contribution is -2.53. The van der Waals surface area contributed by atoms with Crippen LogP contribution in [0.1, 0.15) is 28.4 Å². The van der Waals surface area contributed by atoms with Gasteiger partial charge in [-0.3, -0.25) is 14.4 Å². The van der Waals surface area contributed by atoms with Crippen molar-refractivity contribution in [2.45, 2.75) is 19.9 Å². The normalized spacial score (nSPS) is 20.8. The average Bonchev–Trinajstić information content (AvgIpc) is 3.20. The SMILES string of the molecule is Cc1cccc(C(=O)N2CCN(C(=O)C(=O)C3C=C(c4ccccc4)NC3C)CC2)c1. The Hall–Kier alpha value is -3.41. The predicted octanol–water partition coefficient (Wildman–Crippen LogP) is 2.50. The van der Waals surface area contributed by atoms with Crippen LogP contribution in [-0.4, -0.2) is 59.6 Å². The minimum atomic E-state index is -0.491. The summed E-state index contributed by atoms with van der Waals surface area (Å²) in [5.41, 5.74) is 3.57. The molecule has 0 aromatic heterocycles. The molecular weight excluding hydrogens is 390 g/mol. The highest BCUT2D eigenvalue weighted by Crippen LogP contribution is 2.25. The van der Waals surface area contributed by atoms with Gasteiger partial charge in [0.05, 0.1) is 5.92 Å². The van der Waals surface area contributed by atoms with Gasteiger partial charge in [0.25, 0.3) is 11.8 Å². The summed E-state index contributed by atoms with van der Waals surface area (Å²) < 4.78 is 0. The number of amides is 2. The summed E-state index contributed by atoms with van der Waals surface area (Å²) in [6, 6.07) is 17.1. The first-order valence-electron chi connectivity index (χ1n) is 10.7. The molecule has 1 saturated heterocycles. The Kier molecular flexibility index (Phi) is 5.89. The number of nitrogens with zero attached hydrogens (tertiary/aromatic N) is 2. The molecule has 2 unspecified atom stereocenters. The van der Waals surface area contributed by atoms with Crippen molar-refractivity contribution in [1.82, 2.24) is 15.1 Å². The fourth-order valence-electron chi connectivity index (χ4n) is 4.18. The van der Waals surface area contributed by atoms with Crippen LogP contribution in [0.15, 0.2) is 60.7 Å². The van der Waals surface area contributed by atoms with E-state index in [0.717, 1.165) is 16.8 Å². The fraction of sp³-hybridized carbons (Fsp3) is 0.320. The number of ketones is 1. The third-order valence-electron chi connectivity index (χ3n) is 5.99. The highest BCUT2D eigenvalue weighted by molar-refractivity contribution is 6.37. The molecule has 0 radical (unpaired) electrons. The van der Waals surface area contributed by atoms with E-state index in [4.69, 9.17) is 0 Å². The Labute approximate surface area is 182 Å². The first-order valence-corrected chi connectivity index (χ1v) is 10.7. The summed E-state index contributed by atoms with van der Waals surface area (Å²) in [7, 11) is 0. The maximum atomic E-state index is 12.9. The third kappa shape index (κ3) is 4.38. The van der Waals surface area contributed by atoms with Gasteiger partial charge in [-0.1, -0.05) is 48.0 Å². The summed E-state index contributed by atoms with van der Waals surface area (Å²) >= 11 is 0. The molecule has 31 heavy (non-hydrogen) atoms. The summed E-state index contributed by atoms with van der Waals surface area (Å²) in [4.78, 5) is 41.9. The monoisotopic (exact) mass is 417 g/mol. The van der Waals surface area contributed by atoms with Crippen LogP contribution in [0.25, 0.3) is 5.70 Å². The van der Waals surface area contributed by atoms with Crippen LogP contribution in [0, 0.1) is 12.8 Å². The van der Waals surface area contributed by atoms with Crippen molar-refractivity contribution in [2.24, 2.45) is 5.92 Å². The van der Waals surface area contributed by atoms with Crippen molar-refractivity contribution >= 4 is 23.3 Å². The molecule has 2 atom stereocenters. The molecule has 6 nitrogen and oxygen atoms in total. The number of benzene rings is 2. The van der Waals surface area contributed by atoms with Crippen LogP contribution < -0.4 is 5.32 Å². The van der Waals surface area contributed by atoms with Crippen LogP contribution in [0.3, 0.4) is 0 Å². The Morgan fingerprint density at radius 2 is 1.58 bits per heavy atom. The minimum absolute atomic E-state index is 0.0359. The van der Waals surface area contributed by atoms with Crippen LogP contribution >= 0.6 is 0 Å². The molecule has 1 N–H and O–H groups in total. The minimum Gasteiger partial charge on any atom is -0.381 e. The van der Waals surface area contributed by atoms with Crippen molar-refractivity contribution in [2.75, 3.05) is 26.2 Å². The zero-order chi connectivity index (χ0) is 22.0. The molecule has 1 fully saturated rings. The first-order chi connectivity index (χ1) is 14.9. The van der Waals surface area contributed by atoms with E-state index < -0.39 is 17.6 Å². The predicted molar refractivity (Wildman–Crippen MR) is 119 cm³/mol. The van der Waals surface area contributed by atoms with E-state index in [1.807, 2.05) is 74.5 Å². The number of carbonyl (C=O) groups is 3. The molecule has 0 aliphatic carbocycles. The topological polar surface area (TPSA) is 69.7 Å². The number of hydrogen-bond acceptors (Lipinski definition) is 4. The molecule has 4 rings (SSSR count). The first kappa shape index (κ1) is 20.8. The fourth-order valence-corrected chi connectivity index (χ4v) is 4.18. The molecule has 2 amide bonds. The van der Waals surface area contributed by atoms with E-state index in [1.54, 1.807) is 9.80 Å². The lowest BCUT2D eigenvalue weighted by molar-refractivity contribution is -0.147. The van der Waals surface area contributed by atoms with E-state index >= 15 is 0 Å². The van der Waals surface area contributed by atoms with Gasteiger partial charge in [-0.15, -0.1) is 0 Å². The Balaban J connectivity index is 1.38. The second-order valence-corrected chi connectivity index (χ2v) is 8.22. The van der Waals surface area contributed by atoms with Gasteiger partial charge in [-0.25, -0.2) is 0 Å². The molecule has 0 bridgehead atoms. The van der Waals surface area contributed by atoms with Crippen LogP contribution in [0.4, 0.5) is 0 Å². The van der Waals surface area contributed by atoms with E-state index in [1.165, 1.54) is 0 Å². The summed E-state index contributed by atoms with van der Waals surface area (Å²) in [5.74, 6) is -1.39. The second-order valence-electron chi connectivity index (χ2n) is 8.22. The molecule has 0 saturated carbocycles. The zero-order valence-corrected chi connectivity index (χ0v) is 17.9. The van der Waals surface area contributed by atoms with Crippen LogP contribution in [-0.2, 0) is 9.59 Å². The number of aryl methyl sites for hydroxylation is 1. The highest BCUT2D eigenvalue weighted by Gasteiger charge is 2.37. The van der Waals surface area contributed by atoms with Crippen molar-refractivity contribution < 1.29 is 14.4 Å². The van der Waals surface area contributed by atoms with Crippen molar-refractivity contribution in [1.29, 1.82) is 0 Å². The molecule has 2 aromatic carbocycles. The standard InChI is InChI=1S/C25H27N3O3/c1-17-7-6-10-20(15-17)24(30)27-11-13-28(14-12-27)25(31)23(29)21-16-22(26-18(21)2)19-8-4-3-5-9-19/h3-10,15-16,18,21,26H,11-14H2,1-2H3. The summed E-state index contributed by atoms with van der Waals surface area (Å²) in [6.45, 7) is 5.46. The lowest BCUT2D eigenvalue weighted by atomic mass is 9.97. The van der Waals surface area contributed by atoms with Gasteiger partial charge in [0, 0.05) is 43.5 Å². The van der Waals surface area contributed by atoms with Crippen molar-refractivity contribution in [3.8, 4) is 0 Å². The third-order valence-corrected chi connectivity index (χ3v) is 5.99. The summed E-state index contributed by atoms with van der Waals surface area (Å²) in [6.07, 6.45) is 1.86. The van der Waals surface area contributed by atoms with Gasteiger partial charge < -0.3 is 15.1 Å².